The Morgan fingerprint density at radius 3 is 3.00 bits per heavy atom. The normalized spacial score (nSPS) is 17.3. The summed E-state index contributed by atoms with van der Waals surface area (Å²) in [7, 11) is 3.72. The van der Waals surface area contributed by atoms with E-state index in [4.69, 9.17) is 4.74 Å². The summed E-state index contributed by atoms with van der Waals surface area (Å²) in [5.74, 6) is -0.204. The van der Waals surface area contributed by atoms with Crippen LogP contribution < -0.4 is 5.46 Å². The van der Waals surface area contributed by atoms with Gasteiger partial charge in [-0.15, -0.1) is 0 Å². The van der Waals surface area contributed by atoms with E-state index in [-0.39, 0.29) is 5.97 Å². The summed E-state index contributed by atoms with van der Waals surface area (Å²) in [4.78, 5) is 11.6. The van der Waals surface area contributed by atoms with Crippen LogP contribution in [-0.2, 0) is 9.53 Å². The van der Waals surface area contributed by atoms with Crippen LogP contribution in [0.3, 0.4) is 0 Å². The van der Waals surface area contributed by atoms with E-state index in [9.17, 15) is 4.79 Å². The molecule has 0 N–H and O–H groups in total. The fourth-order valence-corrected chi connectivity index (χ4v) is 2.74. The van der Waals surface area contributed by atoms with Crippen LogP contribution >= 0.6 is 0 Å². The van der Waals surface area contributed by atoms with Crippen molar-refractivity contribution in [2.24, 2.45) is 0 Å². The molecule has 18 heavy (non-hydrogen) atoms. The Morgan fingerprint density at radius 1 is 1.33 bits per heavy atom. The van der Waals surface area contributed by atoms with E-state index in [2.05, 4.69) is 31.5 Å². The molecule has 0 spiro atoms. The number of ether oxygens (including phenoxy) is 1. The second-order valence-corrected chi connectivity index (χ2v) is 4.67. The third-order valence-electron chi connectivity index (χ3n) is 3.61. The Balaban J connectivity index is 2.00. The Hall–Kier alpha value is -1.77. The molecule has 2 nitrogen and oxygen atoms in total. The van der Waals surface area contributed by atoms with Crippen LogP contribution in [0.15, 0.2) is 41.5 Å². The molecule has 3 heteroatoms. The van der Waals surface area contributed by atoms with Crippen LogP contribution in [0.25, 0.3) is 5.57 Å². The van der Waals surface area contributed by atoms with E-state index in [1.165, 1.54) is 29.3 Å². The van der Waals surface area contributed by atoms with E-state index in [1.54, 1.807) is 0 Å². The number of fused-ring (bicyclic) bond motifs is 2. The molecule has 0 saturated heterocycles. The zero-order valence-corrected chi connectivity index (χ0v) is 10.4. The van der Waals surface area contributed by atoms with Gasteiger partial charge in [-0.05, 0) is 29.2 Å². The molecule has 0 atom stereocenters. The van der Waals surface area contributed by atoms with Gasteiger partial charge in [0.25, 0.3) is 0 Å². The summed E-state index contributed by atoms with van der Waals surface area (Å²) in [5.41, 5.74) is 5.90. The molecule has 0 amide bonds. The van der Waals surface area contributed by atoms with E-state index in [1.807, 2.05) is 6.08 Å². The molecule has 0 aromatic heterocycles. The van der Waals surface area contributed by atoms with Crippen molar-refractivity contribution in [1.82, 2.24) is 0 Å². The first kappa shape index (κ1) is 11.3. The maximum absolute atomic E-state index is 11.6. The third kappa shape index (κ3) is 1.80. The van der Waals surface area contributed by atoms with Crippen molar-refractivity contribution in [3.05, 3.63) is 47.1 Å². The topological polar surface area (TPSA) is 26.3 Å². The molecule has 0 unspecified atom stereocenters. The molecule has 0 bridgehead atoms. The highest BCUT2D eigenvalue weighted by atomic mass is 16.5. The van der Waals surface area contributed by atoms with E-state index in [0.29, 0.717) is 6.42 Å². The summed E-state index contributed by atoms with van der Waals surface area (Å²) in [6.45, 7) is 0. The summed E-state index contributed by atoms with van der Waals surface area (Å²) < 4.78 is 4.82. The Bertz CT molecular complexity index is 570. The Kier molecular flexibility index (Phi) is 2.82. The van der Waals surface area contributed by atoms with Crippen LogP contribution in [0.2, 0.25) is 6.32 Å². The lowest BCUT2D eigenvalue weighted by Crippen LogP contribution is -2.17. The number of methoxy groups -OCH3 is 1. The fraction of sp³-hybridized carbons (Fsp3) is 0.267. The molecular weight excluding hydrogens is 223 g/mol. The SMILES string of the molecule is COC(=O)C1=CC2=C(C1)c1ccccc1[B]CC2. The lowest BCUT2D eigenvalue weighted by molar-refractivity contribution is -0.136. The molecule has 1 aromatic rings. The zero-order chi connectivity index (χ0) is 12.5. The van der Waals surface area contributed by atoms with Crippen LogP contribution in [0.1, 0.15) is 18.4 Å². The monoisotopic (exact) mass is 237 g/mol. The summed E-state index contributed by atoms with van der Waals surface area (Å²) in [6.07, 6.45) is 4.75. The average Bonchev–Trinajstić information content (AvgIpc) is 2.75. The highest BCUT2D eigenvalue weighted by molar-refractivity contribution is 6.55. The lowest BCUT2D eigenvalue weighted by Gasteiger charge is -2.09. The van der Waals surface area contributed by atoms with E-state index in [0.717, 1.165) is 18.3 Å². The van der Waals surface area contributed by atoms with Crippen LogP contribution in [0.5, 0.6) is 0 Å². The van der Waals surface area contributed by atoms with Crippen molar-refractivity contribution in [1.29, 1.82) is 0 Å². The first-order chi connectivity index (χ1) is 8.79. The molecule has 1 aliphatic heterocycles. The van der Waals surface area contributed by atoms with Gasteiger partial charge in [-0.25, -0.2) is 4.79 Å². The second kappa shape index (κ2) is 4.49. The largest absolute Gasteiger partial charge is 0.466 e. The Labute approximate surface area is 108 Å². The van der Waals surface area contributed by atoms with Gasteiger partial charge in [-0.1, -0.05) is 36.0 Å². The third-order valence-corrected chi connectivity index (χ3v) is 3.61. The number of hydrogen-bond donors (Lipinski definition) is 0. The summed E-state index contributed by atoms with van der Waals surface area (Å²) >= 11 is 0. The molecule has 3 rings (SSSR count). The van der Waals surface area contributed by atoms with Crippen LogP contribution in [0.4, 0.5) is 0 Å². The van der Waals surface area contributed by atoms with Crippen molar-refractivity contribution >= 4 is 24.3 Å². The van der Waals surface area contributed by atoms with Gasteiger partial charge in [0.2, 0.25) is 0 Å². The van der Waals surface area contributed by atoms with Gasteiger partial charge in [0.05, 0.1) is 7.11 Å². The minimum Gasteiger partial charge on any atom is -0.466 e. The fourth-order valence-electron chi connectivity index (χ4n) is 2.74. The molecule has 1 aromatic carbocycles. The maximum Gasteiger partial charge on any atom is 0.334 e. The average molecular weight is 237 g/mol. The second-order valence-electron chi connectivity index (χ2n) is 4.67. The zero-order valence-electron chi connectivity index (χ0n) is 10.4. The Morgan fingerprint density at radius 2 is 2.17 bits per heavy atom. The number of esters is 1. The minimum atomic E-state index is -0.204. The van der Waals surface area contributed by atoms with Gasteiger partial charge in [0.1, 0.15) is 0 Å². The van der Waals surface area contributed by atoms with E-state index >= 15 is 0 Å². The van der Waals surface area contributed by atoms with Gasteiger partial charge in [-0.2, -0.15) is 0 Å². The molecule has 1 heterocycles. The number of carbonyl (C=O) groups excluding carboxylic acids is 1. The van der Waals surface area contributed by atoms with Crippen molar-refractivity contribution in [2.75, 3.05) is 7.11 Å². The molecule has 2 aliphatic rings. The molecule has 0 fully saturated rings. The lowest BCUT2D eigenvalue weighted by atomic mass is 9.65. The van der Waals surface area contributed by atoms with Gasteiger partial charge in [-0.3, -0.25) is 0 Å². The smallest absolute Gasteiger partial charge is 0.334 e. The summed E-state index contributed by atoms with van der Waals surface area (Å²) in [5, 5.41) is 0. The van der Waals surface area contributed by atoms with Crippen molar-refractivity contribution in [2.45, 2.75) is 19.2 Å². The van der Waals surface area contributed by atoms with Gasteiger partial charge in [0.15, 0.2) is 7.28 Å². The quantitative estimate of drug-likeness (QED) is 0.552. The molecule has 1 radical (unpaired) electrons. The number of allylic oxidation sites excluding steroid dienone is 3. The highest BCUT2D eigenvalue weighted by Crippen LogP contribution is 2.36. The molecule has 89 valence electrons. The van der Waals surface area contributed by atoms with Crippen LogP contribution in [0, 0.1) is 0 Å². The number of benzene rings is 1. The van der Waals surface area contributed by atoms with Crippen LogP contribution in [-0.4, -0.2) is 20.4 Å². The number of rotatable bonds is 1. The van der Waals surface area contributed by atoms with Crippen molar-refractivity contribution < 1.29 is 9.53 Å². The van der Waals surface area contributed by atoms with Gasteiger partial charge >= 0.3 is 5.97 Å². The first-order valence-electron chi connectivity index (χ1n) is 6.23. The van der Waals surface area contributed by atoms with Crippen molar-refractivity contribution in [3.8, 4) is 0 Å². The van der Waals surface area contributed by atoms with Gasteiger partial charge < -0.3 is 4.74 Å². The predicted molar refractivity (Wildman–Crippen MR) is 72.9 cm³/mol. The maximum atomic E-state index is 11.6. The highest BCUT2D eigenvalue weighted by Gasteiger charge is 2.25. The molecular formula is C15H14BO2. The summed E-state index contributed by atoms with van der Waals surface area (Å²) in [6, 6.07) is 8.39. The minimum absolute atomic E-state index is 0.204. The van der Waals surface area contributed by atoms with Crippen molar-refractivity contribution in [3.63, 3.8) is 0 Å². The predicted octanol–water partition coefficient (Wildman–Crippen LogP) is 2.09. The first-order valence-corrected chi connectivity index (χ1v) is 6.23. The standard InChI is InChI=1S/C15H14BO2/c1-18-15(17)11-8-10-6-7-16-14-5-3-2-4-12(14)13(10)9-11/h2-5,8H,6-7,9H2,1H3. The number of hydrogen-bond acceptors (Lipinski definition) is 2. The van der Waals surface area contributed by atoms with E-state index < -0.39 is 0 Å². The van der Waals surface area contributed by atoms with Gasteiger partial charge in [0, 0.05) is 12.0 Å². The molecule has 1 aliphatic carbocycles. The number of carbonyl (C=O) groups is 1. The molecule has 0 saturated carbocycles.